The standard InChI is InChI=1S/C12H18N4O3/c1-13-11(17)10-6-16(5-9(10)7-19-2)12(18)8-3-14-15-4-8/h3-4,9-10H,5-7H2,1-2H3,(H,13,17)(H,14,15)/t9-,10+/m0/s1. The second kappa shape index (κ2) is 5.83. The molecule has 2 heterocycles. The molecule has 1 saturated heterocycles. The van der Waals surface area contributed by atoms with E-state index in [0.29, 0.717) is 25.3 Å². The number of amides is 2. The summed E-state index contributed by atoms with van der Waals surface area (Å²) < 4.78 is 5.13. The highest BCUT2D eigenvalue weighted by Gasteiger charge is 2.39. The Hall–Kier alpha value is -1.89. The van der Waals surface area contributed by atoms with Gasteiger partial charge in [-0.25, -0.2) is 0 Å². The molecule has 2 rings (SSSR count). The van der Waals surface area contributed by atoms with E-state index in [1.807, 2.05) is 0 Å². The highest BCUT2D eigenvalue weighted by atomic mass is 16.5. The predicted octanol–water partition coefficient (Wildman–Crippen LogP) is -0.510. The van der Waals surface area contributed by atoms with Gasteiger partial charge in [0.1, 0.15) is 0 Å². The fourth-order valence-electron chi connectivity index (χ4n) is 2.45. The van der Waals surface area contributed by atoms with Gasteiger partial charge in [0.15, 0.2) is 0 Å². The van der Waals surface area contributed by atoms with E-state index in [0.717, 1.165) is 0 Å². The van der Waals surface area contributed by atoms with Crippen LogP contribution in [0.2, 0.25) is 0 Å². The number of rotatable bonds is 4. The van der Waals surface area contributed by atoms with Crippen LogP contribution in [-0.2, 0) is 9.53 Å². The van der Waals surface area contributed by atoms with Gasteiger partial charge in [-0.2, -0.15) is 5.10 Å². The summed E-state index contributed by atoms with van der Waals surface area (Å²) in [5, 5.41) is 9.02. The smallest absolute Gasteiger partial charge is 0.257 e. The first-order valence-electron chi connectivity index (χ1n) is 6.16. The van der Waals surface area contributed by atoms with Crippen molar-refractivity contribution >= 4 is 11.8 Å². The molecule has 1 aliphatic rings. The molecule has 2 N–H and O–H groups in total. The Morgan fingerprint density at radius 2 is 2.37 bits per heavy atom. The number of aromatic amines is 1. The van der Waals surface area contributed by atoms with Crippen LogP contribution in [0.4, 0.5) is 0 Å². The van der Waals surface area contributed by atoms with E-state index >= 15 is 0 Å². The van der Waals surface area contributed by atoms with Crippen LogP contribution in [0.1, 0.15) is 10.4 Å². The Morgan fingerprint density at radius 3 is 2.95 bits per heavy atom. The number of hydrogen-bond donors (Lipinski definition) is 2. The topological polar surface area (TPSA) is 87.3 Å². The predicted molar refractivity (Wildman–Crippen MR) is 67.4 cm³/mol. The van der Waals surface area contributed by atoms with E-state index in [1.165, 1.54) is 6.20 Å². The number of nitrogens with zero attached hydrogens (tertiary/aromatic N) is 2. The quantitative estimate of drug-likeness (QED) is 0.768. The molecule has 0 aliphatic carbocycles. The third kappa shape index (κ3) is 2.76. The van der Waals surface area contributed by atoms with Gasteiger partial charge >= 0.3 is 0 Å². The van der Waals surface area contributed by atoms with E-state index in [2.05, 4.69) is 15.5 Å². The molecule has 0 bridgehead atoms. The molecule has 104 valence electrons. The Morgan fingerprint density at radius 1 is 1.58 bits per heavy atom. The minimum atomic E-state index is -0.221. The molecule has 0 spiro atoms. The van der Waals surface area contributed by atoms with Gasteiger partial charge < -0.3 is 15.0 Å². The van der Waals surface area contributed by atoms with E-state index in [-0.39, 0.29) is 23.7 Å². The molecule has 7 heteroatoms. The number of H-pyrrole nitrogens is 1. The third-order valence-electron chi connectivity index (χ3n) is 3.44. The van der Waals surface area contributed by atoms with Gasteiger partial charge in [-0.1, -0.05) is 0 Å². The molecule has 1 fully saturated rings. The second-order valence-electron chi connectivity index (χ2n) is 4.63. The zero-order valence-corrected chi connectivity index (χ0v) is 11.0. The van der Waals surface area contributed by atoms with E-state index in [4.69, 9.17) is 4.74 Å². The largest absolute Gasteiger partial charge is 0.384 e. The molecule has 7 nitrogen and oxygen atoms in total. The SMILES string of the molecule is CNC(=O)[C@@H]1CN(C(=O)c2cn[nH]c2)C[C@H]1COC. The molecule has 0 saturated carbocycles. The maximum absolute atomic E-state index is 12.2. The van der Waals surface area contributed by atoms with Crippen LogP contribution in [0.5, 0.6) is 0 Å². The van der Waals surface area contributed by atoms with Gasteiger partial charge in [-0.3, -0.25) is 14.7 Å². The van der Waals surface area contributed by atoms with Gasteiger partial charge in [0.05, 0.1) is 24.3 Å². The normalized spacial score (nSPS) is 22.5. The van der Waals surface area contributed by atoms with Crippen molar-refractivity contribution in [1.82, 2.24) is 20.4 Å². The van der Waals surface area contributed by atoms with Crippen LogP contribution in [-0.4, -0.2) is 60.8 Å². The molecule has 0 aromatic carbocycles. The molecule has 2 atom stereocenters. The van der Waals surface area contributed by atoms with E-state index in [1.54, 1.807) is 25.3 Å². The average molecular weight is 266 g/mol. The summed E-state index contributed by atoms with van der Waals surface area (Å²) >= 11 is 0. The number of hydrogen-bond acceptors (Lipinski definition) is 4. The Balaban J connectivity index is 2.09. The lowest BCUT2D eigenvalue weighted by molar-refractivity contribution is -0.125. The summed E-state index contributed by atoms with van der Waals surface area (Å²) in [6.45, 7) is 1.40. The lowest BCUT2D eigenvalue weighted by Crippen LogP contribution is -2.34. The number of likely N-dealkylation sites (tertiary alicyclic amines) is 1. The van der Waals surface area contributed by atoms with Crippen LogP contribution in [0.3, 0.4) is 0 Å². The van der Waals surface area contributed by atoms with E-state index < -0.39 is 0 Å². The summed E-state index contributed by atoms with van der Waals surface area (Å²) in [7, 11) is 3.20. The third-order valence-corrected chi connectivity index (χ3v) is 3.44. The molecule has 1 aromatic heterocycles. The monoisotopic (exact) mass is 266 g/mol. The molecule has 2 amide bonds. The molecule has 19 heavy (non-hydrogen) atoms. The van der Waals surface area contributed by atoms with Gasteiger partial charge in [0.2, 0.25) is 5.91 Å². The molecule has 1 aliphatic heterocycles. The van der Waals surface area contributed by atoms with Gasteiger partial charge in [-0.05, 0) is 0 Å². The molecular weight excluding hydrogens is 248 g/mol. The van der Waals surface area contributed by atoms with Crippen molar-refractivity contribution in [1.29, 1.82) is 0 Å². The number of nitrogens with one attached hydrogen (secondary N) is 2. The highest BCUT2D eigenvalue weighted by molar-refractivity contribution is 5.94. The summed E-state index contributed by atoms with van der Waals surface area (Å²) in [5.74, 6) is -0.354. The summed E-state index contributed by atoms with van der Waals surface area (Å²) in [6.07, 6.45) is 3.04. The summed E-state index contributed by atoms with van der Waals surface area (Å²) in [5.41, 5.74) is 0.508. The van der Waals surface area contributed by atoms with Crippen LogP contribution >= 0.6 is 0 Å². The second-order valence-corrected chi connectivity index (χ2v) is 4.63. The number of ether oxygens (including phenoxy) is 1. The number of aromatic nitrogens is 2. The summed E-state index contributed by atoms with van der Waals surface area (Å²) in [6, 6.07) is 0. The van der Waals surface area contributed by atoms with Crippen molar-refractivity contribution in [3.05, 3.63) is 18.0 Å². The van der Waals surface area contributed by atoms with Crippen LogP contribution < -0.4 is 5.32 Å². The molecular formula is C12H18N4O3. The van der Waals surface area contributed by atoms with Crippen LogP contribution in [0.15, 0.2) is 12.4 Å². The van der Waals surface area contributed by atoms with E-state index in [9.17, 15) is 9.59 Å². The first kappa shape index (κ1) is 13.5. The van der Waals surface area contributed by atoms with Crippen molar-refractivity contribution < 1.29 is 14.3 Å². The van der Waals surface area contributed by atoms with Crippen molar-refractivity contribution in [2.24, 2.45) is 11.8 Å². The lowest BCUT2D eigenvalue weighted by atomic mass is 9.96. The van der Waals surface area contributed by atoms with Gasteiger partial charge in [0, 0.05) is 39.4 Å². The number of carbonyl (C=O) groups is 2. The van der Waals surface area contributed by atoms with Crippen molar-refractivity contribution in [3.8, 4) is 0 Å². The molecule has 0 radical (unpaired) electrons. The Kier molecular flexibility index (Phi) is 4.16. The van der Waals surface area contributed by atoms with Gasteiger partial charge in [0.25, 0.3) is 5.91 Å². The zero-order chi connectivity index (χ0) is 13.8. The Bertz CT molecular complexity index is 446. The zero-order valence-electron chi connectivity index (χ0n) is 11.0. The first-order chi connectivity index (χ1) is 9.17. The van der Waals surface area contributed by atoms with Crippen molar-refractivity contribution in [2.75, 3.05) is 33.9 Å². The lowest BCUT2D eigenvalue weighted by Gasteiger charge is -2.14. The maximum atomic E-state index is 12.2. The minimum Gasteiger partial charge on any atom is -0.384 e. The highest BCUT2D eigenvalue weighted by Crippen LogP contribution is 2.25. The van der Waals surface area contributed by atoms with Crippen LogP contribution in [0, 0.1) is 11.8 Å². The molecule has 0 unspecified atom stereocenters. The molecule has 1 aromatic rings. The maximum Gasteiger partial charge on any atom is 0.257 e. The first-order valence-corrected chi connectivity index (χ1v) is 6.16. The fourth-order valence-corrected chi connectivity index (χ4v) is 2.45. The average Bonchev–Trinajstić information content (AvgIpc) is 3.07. The Labute approximate surface area is 111 Å². The fraction of sp³-hybridized carbons (Fsp3) is 0.583. The minimum absolute atomic E-state index is 0.0285. The number of methoxy groups -OCH3 is 1. The van der Waals surface area contributed by atoms with Crippen molar-refractivity contribution in [3.63, 3.8) is 0 Å². The number of carbonyl (C=O) groups excluding carboxylic acids is 2. The van der Waals surface area contributed by atoms with Gasteiger partial charge in [-0.15, -0.1) is 0 Å². The van der Waals surface area contributed by atoms with Crippen LogP contribution in [0.25, 0.3) is 0 Å². The summed E-state index contributed by atoms with van der Waals surface area (Å²) in [4.78, 5) is 25.7. The van der Waals surface area contributed by atoms with Crippen molar-refractivity contribution in [2.45, 2.75) is 0 Å².